The zero-order chi connectivity index (χ0) is 20.5. The van der Waals surface area contributed by atoms with Crippen LogP contribution in [0.5, 0.6) is 5.75 Å². The minimum atomic E-state index is -0.201. The lowest BCUT2D eigenvalue weighted by atomic mass is 10.0. The number of nitrogens with zero attached hydrogens (tertiary/aromatic N) is 4. The van der Waals surface area contributed by atoms with Gasteiger partial charge >= 0.3 is 0 Å². The predicted molar refractivity (Wildman–Crippen MR) is 108 cm³/mol. The molecule has 1 aliphatic rings. The van der Waals surface area contributed by atoms with E-state index in [9.17, 15) is 4.79 Å². The fourth-order valence-electron chi connectivity index (χ4n) is 3.72. The third-order valence-electron chi connectivity index (χ3n) is 5.05. The van der Waals surface area contributed by atoms with E-state index < -0.39 is 0 Å². The van der Waals surface area contributed by atoms with E-state index >= 15 is 0 Å². The molecule has 150 valence electrons. The Bertz CT molecular complexity index is 1070. The van der Waals surface area contributed by atoms with Crippen LogP contribution in [0.3, 0.4) is 0 Å². The largest absolute Gasteiger partial charge is 0.496 e. The summed E-state index contributed by atoms with van der Waals surface area (Å²) in [6.45, 7) is 4.32. The van der Waals surface area contributed by atoms with Gasteiger partial charge in [-0.15, -0.1) is 0 Å². The summed E-state index contributed by atoms with van der Waals surface area (Å²) in [4.78, 5) is 24.2. The summed E-state index contributed by atoms with van der Waals surface area (Å²) < 4.78 is 10.8. The fraction of sp³-hybridized carbons (Fsp3) is 0.333. The number of likely N-dealkylation sites (tertiary alicyclic amines) is 1. The van der Waals surface area contributed by atoms with Crippen molar-refractivity contribution in [1.82, 2.24) is 20.0 Å². The Hall–Kier alpha value is -2.93. The summed E-state index contributed by atoms with van der Waals surface area (Å²) in [6, 6.07) is 6.70. The van der Waals surface area contributed by atoms with Crippen LogP contribution in [0.4, 0.5) is 0 Å². The Morgan fingerprint density at radius 1 is 1.31 bits per heavy atom. The number of aryl methyl sites for hydroxylation is 2. The zero-order valence-corrected chi connectivity index (χ0v) is 17.2. The molecule has 1 aliphatic heterocycles. The second-order valence-corrected chi connectivity index (χ2v) is 7.49. The van der Waals surface area contributed by atoms with Crippen LogP contribution in [0, 0.1) is 13.8 Å². The van der Waals surface area contributed by atoms with Crippen LogP contribution in [-0.4, -0.2) is 39.6 Å². The van der Waals surface area contributed by atoms with Crippen LogP contribution in [0.15, 0.2) is 35.0 Å². The second-order valence-electron chi connectivity index (χ2n) is 7.05. The van der Waals surface area contributed by atoms with E-state index in [1.807, 2.05) is 24.8 Å². The maximum Gasteiger partial charge on any atom is 0.258 e. The van der Waals surface area contributed by atoms with Crippen LogP contribution >= 0.6 is 11.6 Å². The zero-order valence-electron chi connectivity index (χ0n) is 16.5. The highest BCUT2D eigenvalue weighted by atomic mass is 35.5. The Balaban J connectivity index is 1.76. The number of carbonyl (C=O) groups is 1. The molecule has 7 nitrogen and oxygen atoms in total. The first-order chi connectivity index (χ1) is 14.0. The van der Waals surface area contributed by atoms with Crippen molar-refractivity contribution in [2.75, 3.05) is 13.7 Å². The molecular weight excluding hydrogens is 392 g/mol. The molecule has 1 aromatic carbocycles. The van der Waals surface area contributed by atoms with Crippen LogP contribution < -0.4 is 4.74 Å². The lowest BCUT2D eigenvalue weighted by Gasteiger charge is -2.26. The van der Waals surface area contributed by atoms with Crippen molar-refractivity contribution in [3.63, 3.8) is 0 Å². The molecule has 1 amide bonds. The van der Waals surface area contributed by atoms with Crippen LogP contribution in [0.1, 0.15) is 46.5 Å². The quantitative estimate of drug-likeness (QED) is 0.632. The topological polar surface area (TPSA) is 81.4 Å². The Labute approximate surface area is 173 Å². The minimum Gasteiger partial charge on any atom is -0.496 e. The van der Waals surface area contributed by atoms with Crippen molar-refractivity contribution in [1.29, 1.82) is 0 Å². The number of methoxy groups -OCH3 is 1. The van der Waals surface area contributed by atoms with Gasteiger partial charge in [0.2, 0.25) is 0 Å². The van der Waals surface area contributed by atoms with Gasteiger partial charge in [-0.3, -0.25) is 4.79 Å². The molecule has 0 N–H and O–H groups in total. The molecule has 0 radical (unpaired) electrons. The lowest BCUT2D eigenvalue weighted by Crippen LogP contribution is -2.31. The summed E-state index contributed by atoms with van der Waals surface area (Å²) in [5.74, 6) is 1.59. The first kappa shape index (κ1) is 19.4. The number of amides is 1. The molecule has 0 saturated carbocycles. The molecule has 4 rings (SSSR count). The van der Waals surface area contributed by atoms with Crippen molar-refractivity contribution in [3.8, 4) is 17.1 Å². The van der Waals surface area contributed by atoms with E-state index in [0.717, 1.165) is 29.8 Å². The number of carbonyl (C=O) groups excluding carboxylic acids is 1. The summed E-state index contributed by atoms with van der Waals surface area (Å²) in [7, 11) is 1.54. The molecule has 1 saturated heterocycles. The van der Waals surface area contributed by atoms with E-state index in [0.29, 0.717) is 34.5 Å². The fourth-order valence-corrected chi connectivity index (χ4v) is 3.89. The molecule has 0 spiro atoms. The number of halogens is 1. The second kappa shape index (κ2) is 7.83. The highest BCUT2D eigenvalue weighted by Gasteiger charge is 2.35. The lowest BCUT2D eigenvalue weighted by molar-refractivity contribution is 0.0729. The highest BCUT2D eigenvalue weighted by molar-refractivity contribution is 6.31. The van der Waals surface area contributed by atoms with E-state index in [-0.39, 0.29) is 11.9 Å². The molecule has 0 bridgehead atoms. The molecule has 8 heteroatoms. The first-order valence-electron chi connectivity index (χ1n) is 9.39. The standard InChI is InChI=1S/C21H21ClN4O3/c1-12-9-19(29-25-12)16-11-23-13(2)24-20(16)17-5-4-8-26(17)21(27)15-10-14(22)6-7-18(15)28-3/h6-7,9-11,17H,4-5,8H2,1-3H3/t17-/m0/s1. The van der Waals surface area contributed by atoms with Gasteiger partial charge in [0.1, 0.15) is 11.6 Å². The van der Waals surface area contributed by atoms with Crippen LogP contribution in [0.25, 0.3) is 11.3 Å². The molecule has 0 unspecified atom stereocenters. The Morgan fingerprint density at radius 2 is 2.14 bits per heavy atom. The van der Waals surface area contributed by atoms with E-state index in [2.05, 4.69) is 15.1 Å². The molecule has 2 aromatic heterocycles. The Kier molecular flexibility index (Phi) is 5.24. The van der Waals surface area contributed by atoms with Crippen molar-refractivity contribution in [3.05, 3.63) is 58.3 Å². The van der Waals surface area contributed by atoms with Gasteiger partial charge in [0.05, 0.1) is 35.7 Å². The van der Waals surface area contributed by atoms with Crippen LogP contribution in [-0.2, 0) is 0 Å². The van der Waals surface area contributed by atoms with Gasteiger partial charge in [0, 0.05) is 23.8 Å². The predicted octanol–water partition coefficient (Wildman–Crippen LogP) is 4.39. The monoisotopic (exact) mass is 412 g/mol. The molecule has 0 aliphatic carbocycles. The normalized spacial score (nSPS) is 16.3. The molecule has 29 heavy (non-hydrogen) atoms. The van der Waals surface area contributed by atoms with Gasteiger partial charge in [-0.05, 0) is 44.9 Å². The van der Waals surface area contributed by atoms with Crippen molar-refractivity contribution < 1.29 is 14.1 Å². The number of benzene rings is 1. The summed E-state index contributed by atoms with van der Waals surface area (Å²) >= 11 is 6.14. The maximum atomic E-state index is 13.4. The van der Waals surface area contributed by atoms with Gasteiger partial charge in [-0.1, -0.05) is 16.8 Å². The SMILES string of the molecule is COc1ccc(Cl)cc1C(=O)N1CCC[C@H]1c1nc(C)ncc1-c1cc(C)no1. The summed E-state index contributed by atoms with van der Waals surface area (Å²) in [6.07, 6.45) is 3.40. The third kappa shape index (κ3) is 3.70. The van der Waals surface area contributed by atoms with Crippen LogP contribution in [0.2, 0.25) is 5.02 Å². The number of hydrogen-bond acceptors (Lipinski definition) is 6. The average molecular weight is 413 g/mol. The van der Waals surface area contributed by atoms with Gasteiger partial charge in [-0.25, -0.2) is 9.97 Å². The average Bonchev–Trinajstić information content (AvgIpc) is 3.36. The first-order valence-corrected chi connectivity index (χ1v) is 9.77. The van der Waals surface area contributed by atoms with Crippen molar-refractivity contribution >= 4 is 17.5 Å². The molecule has 1 fully saturated rings. The molecular formula is C21H21ClN4O3. The van der Waals surface area contributed by atoms with Crippen molar-refractivity contribution in [2.24, 2.45) is 0 Å². The Morgan fingerprint density at radius 3 is 2.86 bits per heavy atom. The van der Waals surface area contributed by atoms with Gasteiger partial charge in [0.25, 0.3) is 5.91 Å². The summed E-state index contributed by atoms with van der Waals surface area (Å²) in [5, 5.41) is 4.46. The van der Waals surface area contributed by atoms with E-state index in [4.69, 9.17) is 20.9 Å². The van der Waals surface area contributed by atoms with E-state index in [1.165, 1.54) is 0 Å². The maximum absolute atomic E-state index is 13.4. The van der Waals surface area contributed by atoms with E-state index in [1.54, 1.807) is 31.5 Å². The molecule has 3 aromatic rings. The highest BCUT2D eigenvalue weighted by Crippen LogP contribution is 2.38. The minimum absolute atomic E-state index is 0.136. The molecule has 3 heterocycles. The number of hydrogen-bond donors (Lipinski definition) is 0. The van der Waals surface area contributed by atoms with Crippen molar-refractivity contribution in [2.45, 2.75) is 32.7 Å². The van der Waals surface area contributed by atoms with Gasteiger partial charge in [0.15, 0.2) is 5.76 Å². The summed E-state index contributed by atoms with van der Waals surface area (Å²) in [5.41, 5.74) is 2.73. The van der Waals surface area contributed by atoms with Gasteiger partial charge in [-0.2, -0.15) is 0 Å². The number of rotatable bonds is 4. The third-order valence-corrected chi connectivity index (χ3v) is 5.29. The van der Waals surface area contributed by atoms with Gasteiger partial charge < -0.3 is 14.2 Å². The molecule has 1 atom stereocenters. The smallest absolute Gasteiger partial charge is 0.258 e. The number of aromatic nitrogens is 3. The number of ether oxygens (including phenoxy) is 1.